The molecule has 1 aromatic carbocycles. The van der Waals surface area contributed by atoms with Crippen LogP contribution in [0.4, 0.5) is 0 Å². The van der Waals surface area contributed by atoms with Crippen LogP contribution in [-0.4, -0.2) is 20.3 Å². The third kappa shape index (κ3) is 3.16. The van der Waals surface area contributed by atoms with Crippen LogP contribution < -0.4 is 14.8 Å². The molecule has 0 spiro atoms. The Hall–Kier alpha value is -1.22. The van der Waals surface area contributed by atoms with Crippen LogP contribution >= 0.6 is 0 Å². The topological polar surface area (TPSA) is 30.5 Å². The van der Waals surface area contributed by atoms with Crippen molar-refractivity contribution in [2.24, 2.45) is 11.8 Å². The molecule has 1 aliphatic carbocycles. The average Bonchev–Trinajstić information content (AvgIpc) is 3.06. The fourth-order valence-corrected chi connectivity index (χ4v) is 2.28. The highest BCUT2D eigenvalue weighted by molar-refractivity contribution is 5.46. The molecule has 100 valence electrons. The number of ether oxygens (including phenoxy) is 2. The second-order valence-electron chi connectivity index (χ2n) is 4.99. The SMILES string of the molecule is CCOc1cccc(CNCC2CC2C)c1OC. The van der Waals surface area contributed by atoms with Gasteiger partial charge in [-0.25, -0.2) is 0 Å². The Morgan fingerprint density at radius 2 is 2.17 bits per heavy atom. The fourth-order valence-electron chi connectivity index (χ4n) is 2.28. The molecule has 0 aliphatic heterocycles. The Labute approximate surface area is 109 Å². The van der Waals surface area contributed by atoms with Crippen molar-refractivity contribution in [3.63, 3.8) is 0 Å². The van der Waals surface area contributed by atoms with Gasteiger partial charge in [0.1, 0.15) is 0 Å². The number of methoxy groups -OCH3 is 1. The maximum absolute atomic E-state index is 5.57. The van der Waals surface area contributed by atoms with Gasteiger partial charge in [0.15, 0.2) is 11.5 Å². The van der Waals surface area contributed by atoms with Gasteiger partial charge < -0.3 is 14.8 Å². The highest BCUT2D eigenvalue weighted by Crippen LogP contribution is 2.37. The van der Waals surface area contributed by atoms with Crippen molar-refractivity contribution >= 4 is 0 Å². The molecular weight excluding hydrogens is 226 g/mol. The van der Waals surface area contributed by atoms with E-state index in [1.54, 1.807) is 7.11 Å². The molecule has 1 saturated carbocycles. The third-order valence-electron chi connectivity index (χ3n) is 3.56. The number of hydrogen-bond acceptors (Lipinski definition) is 3. The number of para-hydroxylation sites is 1. The summed E-state index contributed by atoms with van der Waals surface area (Å²) in [5.41, 5.74) is 1.16. The first-order chi connectivity index (χ1) is 8.76. The molecule has 0 bridgehead atoms. The van der Waals surface area contributed by atoms with Crippen molar-refractivity contribution in [1.82, 2.24) is 5.32 Å². The summed E-state index contributed by atoms with van der Waals surface area (Å²) in [6, 6.07) is 6.06. The second kappa shape index (κ2) is 6.10. The highest BCUT2D eigenvalue weighted by Gasteiger charge is 2.31. The second-order valence-corrected chi connectivity index (χ2v) is 4.99. The lowest BCUT2D eigenvalue weighted by molar-refractivity contribution is 0.308. The number of rotatable bonds is 7. The van der Waals surface area contributed by atoms with Gasteiger partial charge in [0, 0.05) is 12.1 Å². The number of benzene rings is 1. The monoisotopic (exact) mass is 249 g/mol. The molecule has 0 amide bonds. The van der Waals surface area contributed by atoms with Gasteiger partial charge in [-0.15, -0.1) is 0 Å². The van der Waals surface area contributed by atoms with Gasteiger partial charge in [0.2, 0.25) is 0 Å². The first-order valence-electron chi connectivity index (χ1n) is 6.75. The van der Waals surface area contributed by atoms with E-state index in [2.05, 4.69) is 18.3 Å². The van der Waals surface area contributed by atoms with Crippen LogP contribution in [0.25, 0.3) is 0 Å². The maximum Gasteiger partial charge on any atom is 0.165 e. The molecule has 2 unspecified atom stereocenters. The van der Waals surface area contributed by atoms with Crippen LogP contribution in [0.3, 0.4) is 0 Å². The van der Waals surface area contributed by atoms with E-state index in [9.17, 15) is 0 Å². The van der Waals surface area contributed by atoms with Gasteiger partial charge in [-0.2, -0.15) is 0 Å². The molecule has 18 heavy (non-hydrogen) atoms. The minimum absolute atomic E-state index is 0.660. The molecule has 1 fully saturated rings. The zero-order valence-corrected chi connectivity index (χ0v) is 11.5. The summed E-state index contributed by atoms with van der Waals surface area (Å²) in [5.74, 6) is 3.45. The van der Waals surface area contributed by atoms with Crippen molar-refractivity contribution in [3.05, 3.63) is 23.8 Å². The predicted octanol–water partition coefficient (Wildman–Crippen LogP) is 2.84. The number of hydrogen-bond donors (Lipinski definition) is 1. The van der Waals surface area contributed by atoms with Crippen LogP contribution in [0.2, 0.25) is 0 Å². The molecule has 2 atom stereocenters. The van der Waals surface area contributed by atoms with Crippen molar-refractivity contribution in [1.29, 1.82) is 0 Å². The van der Waals surface area contributed by atoms with E-state index in [0.29, 0.717) is 6.61 Å². The lowest BCUT2D eigenvalue weighted by atomic mass is 10.2. The van der Waals surface area contributed by atoms with Crippen molar-refractivity contribution in [2.45, 2.75) is 26.8 Å². The molecule has 3 nitrogen and oxygen atoms in total. The fraction of sp³-hybridized carbons (Fsp3) is 0.600. The Morgan fingerprint density at radius 1 is 1.39 bits per heavy atom. The third-order valence-corrected chi connectivity index (χ3v) is 3.56. The normalized spacial score (nSPS) is 21.7. The summed E-state index contributed by atoms with van der Waals surface area (Å²) in [6.07, 6.45) is 1.36. The maximum atomic E-state index is 5.57. The number of nitrogens with one attached hydrogen (secondary N) is 1. The molecule has 1 aromatic rings. The standard InChI is InChI=1S/C15H23NO2/c1-4-18-14-7-5-6-12(15(14)17-3)9-16-10-13-8-11(13)2/h5-7,11,13,16H,4,8-10H2,1-3H3. The molecule has 0 saturated heterocycles. The summed E-state index contributed by atoms with van der Waals surface area (Å²) in [4.78, 5) is 0. The van der Waals surface area contributed by atoms with Crippen molar-refractivity contribution in [3.8, 4) is 11.5 Å². The van der Waals surface area contributed by atoms with Gasteiger partial charge in [-0.3, -0.25) is 0 Å². The first kappa shape index (κ1) is 13.2. The lowest BCUT2D eigenvalue weighted by Crippen LogP contribution is -2.17. The molecule has 2 rings (SSSR count). The van der Waals surface area contributed by atoms with Gasteiger partial charge in [-0.05, 0) is 37.8 Å². The quantitative estimate of drug-likeness (QED) is 0.806. The Kier molecular flexibility index (Phi) is 4.48. The van der Waals surface area contributed by atoms with E-state index in [0.717, 1.165) is 42.0 Å². The Morgan fingerprint density at radius 3 is 2.78 bits per heavy atom. The lowest BCUT2D eigenvalue weighted by Gasteiger charge is -2.14. The van der Waals surface area contributed by atoms with Crippen molar-refractivity contribution in [2.75, 3.05) is 20.3 Å². The molecule has 0 heterocycles. The summed E-state index contributed by atoms with van der Waals surface area (Å²) < 4.78 is 11.0. The van der Waals surface area contributed by atoms with Gasteiger partial charge in [0.25, 0.3) is 0 Å². The average molecular weight is 249 g/mol. The summed E-state index contributed by atoms with van der Waals surface area (Å²) in [6.45, 7) is 6.89. The minimum atomic E-state index is 0.660. The van der Waals surface area contributed by atoms with Gasteiger partial charge >= 0.3 is 0 Å². The van der Waals surface area contributed by atoms with Crippen LogP contribution in [0.5, 0.6) is 11.5 Å². The smallest absolute Gasteiger partial charge is 0.165 e. The van der Waals surface area contributed by atoms with E-state index in [1.165, 1.54) is 6.42 Å². The first-order valence-corrected chi connectivity index (χ1v) is 6.75. The van der Waals surface area contributed by atoms with E-state index in [-0.39, 0.29) is 0 Å². The molecule has 0 radical (unpaired) electrons. The Bertz CT molecular complexity index is 392. The molecule has 3 heteroatoms. The van der Waals surface area contributed by atoms with E-state index in [4.69, 9.17) is 9.47 Å². The Balaban J connectivity index is 1.95. The van der Waals surface area contributed by atoms with Gasteiger partial charge in [0.05, 0.1) is 13.7 Å². The summed E-state index contributed by atoms with van der Waals surface area (Å²) >= 11 is 0. The van der Waals surface area contributed by atoms with Crippen LogP contribution in [0.1, 0.15) is 25.8 Å². The summed E-state index contributed by atoms with van der Waals surface area (Å²) in [5, 5.41) is 3.50. The predicted molar refractivity (Wildman–Crippen MR) is 73.1 cm³/mol. The minimum Gasteiger partial charge on any atom is -0.493 e. The van der Waals surface area contributed by atoms with Crippen LogP contribution in [0, 0.1) is 11.8 Å². The van der Waals surface area contributed by atoms with Crippen molar-refractivity contribution < 1.29 is 9.47 Å². The highest BCUT2D eigenvalue weighted by atomic mass is 16.5. The van der Waals surface area contributed by atoms with Crippen LogP contribution in [0.15, 0.2) is 18.2 Å². The van der Waals surface area contributed by atoms with E-state index >= 15 is 0 Å². The van der Waals surface area contributed by atoms with E-state index in [1.807, 2.05) is 19.1 Å². The van der Waals surface area contributed by atoms with Gasteiger partial charge in [-0.1, -0.05) is 19.1 Å². The largest absolute Gasteiger partial charge is 0.493 e. The zero-order valence-electron chi connectivity index (χ0n) is 11.5. The molecule has 1 aliphatic rings. The van der Waals surface area contributed by atoms with Crippen LogP contribution in [-0.2, 0) is 6.54 Å². The van der Waals surface area contributed by atoms with E-state index < -0.39 is 0 Å². The molecule has 0 aromatic heterocycles. The zero-order chi connectivity index (χ0) is 13.0. The summed E-state index contributed by atoms with van der Waals surface area (Å²) in [7, 11) is 1.70. The molecule has 1 N–H and O–H groups in total. The molecular formula is C15H23NO2.